The highest BCUT2D eigenvalue weighted by Gasteiger charge is 2.22. The lowest BCUT2D eigenvalue weighted by Gasteiger charge is -2.15. The number of carbonyl (C=O) groups excluding carboxylic acids is 1. The van der Waals surface area contributed by atoms with Crippen molar-refractivity contribution in [2.75, 3.05) is 26.4 Å². The number of esters is 1. The predicted octanol–water partition coefficient (Wildman–Crippen LogP) is 4.46. The summed E-state index contributed by atoms with van der Waals surface area (Å²) in [4.78, 5) is 21.0. The molecule has 0 aliphatic heterocycles. The zero-order valence-corrected chi connectivity index (χ0v) is 19.7. The van der Waals surface area contributed by atoms with Crippen molar-refractivity contribution in [3.05, 3.63) is 0 Å². The summed E-state index contributed by atoms with van der Waals surface area (Å²) in [5.41, 5.74) is 5.16. The van der Waals surface area contributed by atoms with E-state index in [1.807, 2.05) is 0 Å². The van der Waals surface area contributed by atoms with Crippen LogP contribution in [0.1, 0.15) is 96.8 Å². The minimum atomic E-state index is -4.23. The Morgan fingerprint density at radius 2 is 1.37 bits per heavy atom. The summed E-state index contributed by atoms with van der Waals surface area (Å²) in [5.74, 6) is -0.385. The molecule has 0 saturated carbocycles. The molecule has 0 bridgehead atoms. The summed E-state index contributed by atoms with van der Waals surface area (Å²) >= 11 is 0. The Labute approximate surface area is 182 Å². The highest BCUT2D eigenvalue weighted by Crippen LogP contribution is 2.42. The SMILES string of the molecule is CCCCCCCCCCCCCCCC(=O)OC[C@H](O)COP(=O)(O)OCCN. The highest BCUT2D eigenvalue weighted by molar-refractivity contribution is 7.47. The van der Waals surface area contributed by atoms with E-state index in [0.29, 0.717) is 6.42 Å². The lowest BCUT2D eigenvalue weighted by Crippen LogP contribution is -2.23. The van der Waals surface area contributed by atoms with Crippen LogP contribution in [0.2, 0.25) is 0 Å². The van der Waals surface area contributed by atoms with Gasteiger partial charge in [0.25, 0.3) is 0 Å². The smallest absolute Gasteiger partial charge is 0.463 e. The fourth-order valence-electron chi connectivity index (χ4n) is 2.98. The maximum Gasteiger partial charge on any atom is 0.472 e. The summed E-state index contributed by atoms with van der Waals surface area (Å²) < 4.78 is 25.5. The van der Waals surface area contributed by atoms with Gasteiger partial charge in [-0.15, -0.1) is 0 Å². The van der Waals surface area contributed by atoms with Crippen molar-refractivity contribution in [1.29, 1.82) is 0 Å². The molecule has 9 heteroatoms. The minimum Gasteiger partial charge on any atom is -0.463 e. The van der Waals surface area contributed by atoms with Crippen LogP contribution in [-0.2, 0) is 23.1 Å². The van der Waals surface area contributed by atoms with Crippen LogP contribution in [0.25, 0.3) is 0 Å². The third-order valence-corrected chi connectivity index (χ3v) is 5.71. The molecule has 0 aromatic heterocycles. The van der Waals surface area contributed by atoms with Crippen LogP contribution < -0.4 is 5.73 Å². The molecule has 0 aromatic rings. The average Bonchev–Trinajstić information content (AvgIpc) is 2.72. The summed E-state index contributed by atoms with van der Waals surface area (Å²) in [5, 5.41) is 9.66. The van der Waals surface area contributed by atoms with Crippen molar-refractivity contribution < 1.29 is 33.1 Å². The van der Waals surface area contributed by atoms with Gasteiger partial charge in [0.15, 0.2) is 0 Å². The first-order chi connectivity index (χ1) is 14.4. The van der Waals surface area contributed by atoms with E-state index < -0.39 is 20.5 Å². The Kier molecular flexibility index (Phi) is 20.1. The monoisotopic (exact) mass is 453 g/mol. The van der Waals surface area contributed by atoms with Gasteiger partial charge in [0.05, 0.1) is 13.2 Å². The number of phosphoric acid groups is 1. The first-order valence-corrected chi connectivity index (χ1v) is 13.1. The number of aliphatic hydroxyl groups is 1. The molecule has 0 aromatic carbocycles. The Morgan fingerprint density at radius 3 is 1.87 bits per heavy atom. The van der Waals surface area contributed by atoms with E-state index in [1.54, 1.807) is 0 Å². The molecule has 0 radical (unpaired) electrons. The fraction of sp³-hybridized carbons (Fsp3) is 0.952. The van der Waals surface area contributed by atoms with E-state index in [4.69, 9.17) is 10.5 Å². The number of hydrogen-bond acceptors (Lipinski definition) is 7. The molecule has 0 heterocycles. The second kappa shape index (κ2) is 20.4. The molecule has 0 fully saturated rings. The molecule has 0 spiro atoms. The van der Waals surface area contributed by atoms with Gasteiger partial charge in [-0.2, -0.15) is 0 Å². The van der Waals surface area contributed by atoms with Crippen molar-refractivity contribution in [3.8, 4) is 0 Å². The molecule has 8 nitrogen and oxygen atoms in total. The molecule has 30 heavy (non-hydrogen) atoms. The van der Waals surface area contributed by atoms with E-state index in [0.717, 1.165) is 19.3 Å². The zero-order valence-electron chi connectivity index (χ0n) is 18.8. The molecular weight excluding hydrogens is 409 g/mol. The Balaban J connectivity index is 3.46. The summed E-state index contributed by atoms with van der Waals surface area (Å²) in [6.45, 7) is 1.44. The Morgan fingerprint density at radius 1 is 0.867 bits per heavy atom. The topological polar surface area (TPSA) is 128 Å². The third-order valence-electron chi connectivity index (χ3n) is 4.72. The fourth-order valence-corrected chi connectivity index (χ4v) is 3.75. The molecule has 1 unspecified atom stereocenters. The first-order valence-electron chi connectivity index (χ1n) is 11.6. The van der Waals surface area contributed by atoms with Gasteiger partial charge < -0.3 is 20.5 Å². The minimum absolute atomic E-state index is 0.0767. The van der Waals surface area contributed by atoms with Crippen LogP contribution in [-0.4, -0.2) is 48.4 Å². The first kappa shape index (κ1) is 29.5. The van der Waals surface area contributed by atoms with Gasteiger partial charge in [-0.25, -0.2) is 4.57 Å². The van der Waals surface area contributed by atoms with E-state index in [9.17, 15) is 19.4 Å². The second-order valence-electron chi connectivity index (χ2n) is 7.72. The summed E-state index contributed by atoms with van der Waals surface area (Å²) in [6.07, 6.45) is 15.2. The van der Waals surface area contributed by atoms with Crippen LogP contribution in [0.5, 0.6) is 0 Å². The van der Waals surface area contributed by atoms with Crippen LogP contribution in [0, 0.1) is 0 Å². The second-order valence-corrected chi connectivity index (χ2v) is 9.17. The number of phosphoric ester groups is 1. The quantitative estimate of drug-likeness (QED) is 0.124. The number of carbonyl (C=O) groups is 1. The average molecular weight is 454 g/mol. The van der Waals surface area contributed by atoms with Crippen molar-refractivity contribution in [1.82, 2.24) is 0 Å². The van der Waals surface area contributed by atoms with Gasteiger partial charge in [0, 0.05) is 13.0 Å². The Hall–Kier alpha value is -0.500. The van der Waals surface area contributed by atoms with E-state index in [-0.39, 0.29) is 25.7 Å². The predicted molar refractivity (Wildman–Crippen MR) is 118 cm³/mol. The largest absolute Gasteiger partial charge is 0.472 e. The summed E-state index contributed by atoms with van der Waals surface area (Å²) in [7, 11) is -4.23. The van der Waals surface area contributed by atoms with Crippen molar-refractivity contribution in [2.24, 2.45) is 5.73 Å². The third kappa shape index (κ3) is 20.8. The number of nitrogens with two attached hydrogens (primary N) is 1. The number of rotatable bonds is 22. The molecule has 0 aliphatic carbocycles. The number of aliphatic hydroxyl groups excluding tert-OH is 1. The van der Waals surface area contributed by atoms with Crippen LogP contribution in [0.3, 0.4) is 0 Å². The van der Waals surface area contributed by atoms with E-state index in [1.165, 1.54) is 64.2 Å². The van der Waals surface area contributed by atoms with Crippen LogP contribution in [0.4, 0.5) is 0 Å². The van der Waals surface area contributed by atoms with Gasteiger partial charge in [-0.3, -0.25) is 13.8 Å². The van der Waals surface area contributed by atoms with Gasteiger partial charge in [0.1, 0.15) is 12.7 Å². The molecular formula is C21H44NO7P. The lowest BCUT2D eigenvalue weighted by molar-refractivity contribution is -0.147. The van der Waals surface area contributed by atoms with Gasteiger partial charge in [-0.1, -0.05) is 84.0 Å². The maximum absolute atomic E-state index is 11.7. The molecule has 0 saturated heterocycles. The normalized spacial score (nSPS) is 14.4. The van der Waals surface area contributed by atoms with Gasteiger partial charge >= 0.3 is 13.8 Å². The molecule has 180 valence electrons. The standard InChI is InChI=1S/C21H44NO7P/c1-2-3-4-5-6-7-8-9-10-11-12-13-14-15-21(24)27-18-20(23)19-29-30(25,26)28-17-16-22/h20,23H,2-19,22H2,1H3,(H,25,26)/t20-/m0/s1. The number of unbranched alkanes of at least 4 members (excludes halogenated alkanes) is 12. The maximum atomic E-state index is 11.7. The van der Waals surface area contributed by atoms with Crippen molar-refractivity contribution in [3.63, 3.8) is 0 Å². The molecule has 0 rings (SSSR count). The molecule has 0 aliphatic rings. The highest BCUT2D eigenvalue weighted by atomic mass is 31.2. The van der Waals surface area contributed by atoms with E-state index in [2.05, 4.69) is 16.0 Å². The zero-order chi connectivity index (χ0) is 22.5. The number of hydrogen-bond donors (Lipinski definition) is 3. The van der Waals surface area contributed by atoms with Crippen molar-refractivity contribution in [2.45, 2.75) is 103 Å². The van der Waals surface area contributed by atoms with Crippen LogP contribution in [0.15, 0.2) is 0 Å². The van der Waals surface area contributed by atoms with E-state index >= 15 is 0 Å². The molecule has 0 amide bonds. The van der Waals surface area contributed by atoms with Crippen molar-refractivity contribution >= 4 is 13.8 Å². The van der Waals surface area contributed by atoms with Crippen LogP contribution >= 0.6 is 7.82 Å². The summed E-state index contributed by atoms with van der Waals surface area (Å²) in [6, 6.07) is 0. The molecule has 2 atom stereocenters. The van der Waals surface area contributed by atoms with Gasteiger partial charge in [0.2, 0.25) is 0 Å². The lowest BCUT2D eigenvalue weighted by atomic mass is 10.0. The molecule has 4 N–H and O–H groups in total. The van der Waals surface area contributed by atoms with Gasteiger partial charge in [-0.05, 0) is 6.42 Å². The number of ether oxygens (including phenoxy) is 1. The Bertz CT molecular complexity index is 451.